The van der Waals surface area contributed by atoms with Gasteiger partial charge in [0.15, 0.2) is 0 Å². The lowest BCUT2D eigenvalue weighted by Gasteiger charge is -2.19. The topological polar surface area (TPSA) is 64.3 Å². The number of nitrogens with one attached hydrogen (secondary N) is 1. The van der Waals surface area contributed by atoms with Gasteiger partial charge in [-0.25, -0.2) is 0 Å². The van der Waals surface area contributed by atoms with Crippen molar-refractivity contribution in [3.05, 3.63) is 28.8 Å². The molecule has 0 spiro atoms. The van der Waals surface area contributed by atoms with E-state index in [9.17, 15) is 4.79 Å². The predicted molar refractivity (Wildman–Crippen MR) is 71.6 cm³/mol. The first-order valence-electron chi connectivity index (χ1n) is 6.09. The molecule has 2 rings (SSSR count). The Kier molecular flexibility index (Phi) is 3.17. The highest BCUT2D eigenvalue weighted by molar-refractivity contribution is 6.06. The molecule has 0 fully saturated rings. The number of fused-ring (bicyclic) bond motifs is 1. The number of amides is 1. The minimum absolute atomic E-state index is 0.0222. The Balaban J connectivity index is 2.56. The Hall–Kier alpha value is -1.39. The zero-order valence-electron chi connectivity index (χ0n) is 11.3. The molecule has 1 aromatic carbocycles. The number of methoxy groups -OCH3 is 1. The first-order chi connectivity index (χ1) is 8.37. The van der Waals surface area contributed by atoms with Gasteiger partial charge in [-0.15, -0.1) is 0 Å². The normalized spacial score (nSPS) is 18.4. The van der Waals surface area contributed by atoms with E-state index in [0.717, 1.165) is 22.4 Å². The van der Waals surface area contributed by atoms with Gasteiger partial charge in [0.2, 0.25) is 5.91 Å². The van der Waals surface area contributed by atoms with Crippen LogP contribution in [0.3, 0.4) is 0 Å². The average molecular weight is 248 g/mol. The van der Waals surface area contributed by atoms with Crippen LogP contribution in [0, 0.1) is 6.92 Å². The fraction of sp³-hybridized carbons (Fsp3) is 0.500. The molecule has 4 nitrogen and oxygen atoms in total. The second-order valence-electron chi connectivity index (χ2n) is 5.42. The molecular weight excluding hydrogens is 228 g/mol. The van der Waals surface area contributed by atoms with E-state index in [1.54, 1.807) is 7.11 Å². The molecule has 1 atom stereocenters. The van der Waals surface area contributed by atoms with Crippen molar-refractivity contribution >= 4 is 11.6 Å². The average Bonchev–Trinajstić information content (AvgIpc) is 2.51. The fourth-order valence-corrected chi connectivity index (χ4v) is 2.40. The number of carbonyl (C=O) groups is 1. The van der Waals surface area contributed by atoms with Crippen LogP contribution in [0.15, 0.2) is 12.1 Å². The summed E-state index contributed by atoms with van der Waals surface area (Å²) in [7, 11) is 1.62. The highest BCUT2D eigenvalue weighted by Crippen LogP contribution is 2.41. The van der Waals surface area contributed by atoms with E-state index in [1.165, 1.54) is 0 Å². The second kappa shape index (κ2) is 4.37. The molecule has 1 aliphatic heterocycles. The van der Waals surface area contributed by atoms with Crippen LogP contribution in [0.1, 0.15) is 36.6 Å². The number of carbonyl (C=O) groups excluding carboxylic acids is 1. The molecule has 1 aliphatic rings. The monoisotopic (exact) mass is 248 g/mol. The number of hydrogen-bond acceptors (Lipinski definition) is 3. The van der Waals surface area contributed by atoms with Gasteiger partial charge in [0.1, 0.15) is 0 Å². The molecule has 1 amide bonds. The maximum absolute atomic E-state index is 12.0. The van der Waals surface area contributed by atoms with E-state index in [1.807, 2.05) is 26.8 Å². The van der Waals surface area contributed by atoms with E-state index in [4.69, 9.17) is 10.5 Å². The van der Waals surface area contributed by atoms with Gasteiger partial charge in [-0.05, 0) is 31.9 Å². The lowest BCUT2D eigenvalue weighted by atomic mass is 9.84. The Labute approximate surface area is 108 Å². The van der Waals surface area contributed by atoms with Crippen molar-refractivity contribution in [3.63, 3.8) is 0 Å². The summed E-state index contributed by atoms with van der Waals surface area (Å²) in [5, 5.41) is 2.95. The summed E-state index contributed by atoms with van der Waals surface area (Å²) in [6.45, 7) is 6.31. The molecule has 4 heteroatoms. The smallest absolute Gasteiger partial charge is 0.234 e. The van der Waals surface area contributed by atoms with E-state index in [2.05, 4.69) is 11.4 Å². The summed E-state index contributed by atoms with van der Waals surface area (Å²) < 4.78 is 5.10. The van der Waals surface area contributed by atoms with Crippen molar-refractivity contribution in [3.8, 4) is 0 Å². The number of anilines is 1. The maximum atomic E-state index is 12.0. The molecule has 1 unspecified atom stereocenters. The number of ether oxygens (including phenoxy) is 1. The lowest BCUT2D eigenvalue weighted by molar-refractivity contribution is -0.119. The lowest BCUT2D eigenvalue weighted by Crippen LogP contribution is -2.26. The Morgan fingerprint density at radius 2 is 2.11 bits per heavy atom. The van der Waals surface area contributed by atoms with Gasteiger partial charge in [-0.1, -0.05) is 17.7 Å². The second-order valence-corrected chi connectivity index (χ2v) is 5.42. The quantitative estimate of drug-likeness (QED) is 0.858. The number of aryl methyl sites for hydroxylation is 1. The van der Waals surface area contributed by atoms with Crippen molar-refractivity contribution < 1.29 is 9.53 Å². The van der Waals surface area contributed by atoms with Crippen molar-refractivity contribution in [1.82, 2.24) is 0 Å². The SMILES string of the molecule is COCC(N)c1cc(C)cc2c1NC(=O)C2(C)C. The van der Waals surface area contributed by atoms with Gasteiger partial charge in [-0.3, -0.25) is 4.79 Å². The highest BCUT2D eigenvalue weighted by Gasteiger charge is 2.40. The van der Waals surface area contributed by atoms with E-state index < -0.39 is 5.41 Å². The molecule has 0 aromatic heterocycles. The van der Waals surface area contributed by atoms with Gasteiger partial charge in [0.25, 0.3) is 0 Å². The third-order valence-corrected chi connectivity index (χ3v) is 3.54. The molecule has 3 N–H and O–H groups in total. The third-order valence-electron chi connectivity index (χ3n) is 3.54. The molecule has 0 bridgehead atoms. The number of nitrogens with two attached hydrogens (primary N) is 1. The van der Waals surface area contributed by atoms with Gasteiger partial charge in [-0.2, -0.15) is 0 Å². The van der Waals surface area contributed by atoms with Crippen LogP contribution in [-0.2, 0) is 14.9 Å². The Morgan fingerprint density at radius 3 is 2.72 bits per heavy atom. The van der Waals surface area contributed by atoms with Crippen molar-refractivity contribution in [2.24, 2.45) is 5.73 Å². The minimum Gasteiger partial charge on any atom is -0.383 e. The van der Waals surface area contributed by atoms with Crippen molar-refractivity contribution in [2.45, 2.75) is 32.2 Å². The summed E-state index contributed by atoms with van der Waals surface area (Å²) in [5.74, 6) is 0.0222. The van der Waals surface area contributed by atoms with Crippen LogP contribution in [0.4, 0.5) is 5.69 Å². The molecule has 0 saturated heterocycles. The van der Waals surface area contributed by atoms with Crippen LogP contribution in [0.5, 0.6) is 0 Å². The largest absolute Gasteiger partial charge is 0.383 e. The predicted octanol–water partition coefficient (Wildman–Crippen LogP) is 1.87. The summed E-state index contributed by atoms with van der Waals surface area (Å²) in [5.41, 5.74) is 9.55. The fourth-order valence-electron chi connectivity index (χ4n) is 2.40. The van der Waals surface area contributed by atoms with Gasteiger partial charge in [0.05, 0.1) is 18.1 Å². The first kappa shape index (κ1) is 13.1. The molecule has 1 aromatic rings. The summed E-state index contributed by atoms with van der Waals surface area (Å²) in [4.78, 5) is 12.0. The number of benzene rings is 1. The van der Waals surface area contributed by atoms with E-state index in [0.29, 0.717) is 6.61 Å². The Bertz CT molecular complexity index is 495. The Morgan fingerprint density at radius 1 is 1.44 bits per heavy atom. The van der Waals surface area contributed by atoms with Gasteiger partial charge >= 0.3 is 0 Å². The van der Waals surface area contributed by atoms with Gasteiger partial charge < -0.3 is 15.8 Å². The van der Waals surface area contributed by atoms with Crippen LogP contribution in [-0.4, -0.2) is 19.6 Å². The van der Waals surface area contributed by atoms with Gasteiger partial charge in [0, 0.05) is 12.8 Å². The van der Waals surface area contributed by atoms with E-state index in [-0.39, 0.29) is 11.9 Å². The minimum atomic E-state index is -0.497. The zero-order chi connectivity index (χ0) is 13.5. The van der Waals surface area contributed by atoms with E-state index >= 15 is 0 Å². The zero-order valence-corrected chi connectivity index (χ0v) is 11.3. The molecule has 98 valence electrons. The van der Waals surface area contributed by atoms with Crippen LogP contribution >= 0.6 is 0 Å². The highest BCUT2D eigenvalue weighted by atomic mass is 16.5. The number of rotatable bonds is 3. The maximum Gasteiger partial charge on any atom is 0.234 e. The molecule has 0 aliphatic carbocycles. The third kappa shape index (κ3) is 1.91. The first-order valence-corrected chi connectivity index (χ1v) is 6.09. The molecule has 1 heterocycles. The summed E-state index contributed by atoms with van der Waals surface area (Å²) in [6.07, 6.45) is 0. The number of hydrogen-bond donors (Lipinski definition) is 2. The summed E-state index contributed by atoms with van der Waals surface area (Å²) >= 11 is 0. The molecule has 0 radical (unpaired) electrons. The van der Waals surface area contributed by atoms with Crippen LogP contribution < -0.4 is 11.1 Å². The standard InChI is InChI=1S/C14H20N2O2/c1-8-5-9(11(15)7-18-4)12-10(6-8)14(2,3)13(17)16-12/h5-6,11H,7,15H2,1-4H3,(H,16,17). The van der Waals surface area contributed by atoms with Crippen molar-refractivity contribution in [1.29, 1.82) is 0 Å². The molecular formula is C14H20N2O2. The van der Waals surface area contributed by atoms with Crippen molar-refractivity contribution in [2.75, 3.05) is 19.0 Å². The molecule has 0 saturated carbocycles. The molecule has 18 heavy (non-hydrogen) atoms. The van der Waals surface area contributed by atoms with Crippen LogP contribution in [0.25, 0.3) is 0 Å². The summed E-state index contributed by atoms with van der Waals surface area (Å²) in [6, 6.07) is 3.85. The van der Waals surface area contributed by atoms with Crippen LogP contribution in [0.2, 0.25) is 0 Å².